The van der Waals surface area contributed by atoms with Crippen molar-refractivity contribution in [1.29, 1.82) is 0 Å². The third-order valence-electron chi connectivity index (χ3n) is 3.12. The highest BCUT2D eigenvalue weighted by molar-refractivity contribution is 7.19. The predicted molar refractivity (Wildman–Crippen MR) is 83.7 cm³/mol. The molecule has 5 heteroatoms. The third-order valence-corrected chi connectivity index (χ3v) is 4.37. The Morgan fingerprint density at radius 1 is 1.35 bits per heavy atom. The van der Waals surface area contributed by atoms with Crippen molar-refractivity contribution in [3.8, 4) is 0 Å². The number of oxime groups is 1. The van der Waals surface area contributed by atoms with Crippen LogP contribution in [0.3, 0.4) is 0 Å². The van der Waals surface area contributed by atoms with Crippen LogP contribution < -0.4 is 0 Å². The Morgan fingerprint density at radius 2 is 2.10 bits per heavy atom. The first-order valence-corrected chi connectivity index (χ1v) is 7.47. The van der Waals surface area contributed by atoms with Crippen LogP contribution in [0, 0.1) is 6.92 Å². The van der Waals surface area contributed by atoms with Crippen molar-refractivity contribution in [1.82, 2.24) is 9.38 Å². The van der Waals surface area contributed by atoms with Gasteiger partial charge in [0.2, 0.25) is 0 Å². The average Bonchev–Trinajstić information content (AvgIpc) is 2.93. The van der Waals surface area contributed by atoms with Gasteiger partial charge in [-0.15, -0.1) is 0 Å². The molecular weight excluding hydrogens is 270 g/mol. The molecule has 104 valence electrons. The minimum absolute atomic E-state index is 0.0927. The van der Waals surface area contributed by atoms with E-state index in [9.17, 15) is 0 Å². The lowest BCUT2D eigenvalue weighted by Gasteiger charge is -2.04. The van der Waals surface area contributed by atoms with Crippen LogP contribution in [0.5, 0.6) is 0 Å². The van der Waals surface area contributed by atoms with Gasteiger partial charge in [0.25, 0.3) is 0 Å². The van der Waals surface area contributed by atoms with Crippen LogP contribution in [0.4, 0.5) is 0 Å². The van der Waals surface area contributed by atoms with Gasteiger partial charge < -0.3 is 4.84 Å². The number of fused-ring (bicyclic) bond motifs is 3. The van der Waals surface area contributed by atoms with Gasteiger partial charge in [-0.25, -0.2) is 4.98 Å². The maximum absolute atomic E-state index is 5.34. The summed E-state index contributed by atoms with van der Waals surface area (Å²) in [6.45, 7) is 8.01. The number of hydrogen-bond acceptors (Lipinski definition) is 4. The second-order valence-electron chi connectivity index (χ2n) is 5.07. The molecule has 3 rings (SSSR count). The maximum atomic E-state index is 5.34. The molecule has 2 aromatic heterocycles. The minimum atomic E-state index is 0.0927. The summed E-state index contributed by atoms with van der Waals surface area (Å²) in [6.07, 6.45) is 0.0927. The van der Waals surface area contributed by atoms with Crippen molar-refractivity contribution in [3.63, 3.8) is 0 Å². The van der Waals surface area contributed by atoms with Crippen LogP contribution in [0.2, 0.25) is 0 Å². The molecule has 0 spiro atoms. The Morgan fingerprint density at radius 3 is 2.85 bits per heavy atom. The van der Waals surface area contributed by atoms with Crippen LogP contribution in [0.1, 0.15) is 31.3 Å². The molecule has 0 bridgehead atoms. The zero-order valence-electron chi connectivity index (χ0n) is 12.0. The quantitative estimate of drug-likeness (QED) is 0.539. The molecule has 0 saturated carbocycles. The van der Waals surface area contributed by atoms with E-state index in [0.29, 0.717) is 0 Å². The van der Waals surface area contributed by atoms with Gasteiger partial charge in [0, 0.05) is 5.69 Å². The largest absolute Gasteiger partial charge is 0.393 e. The summed E-state index contributed by atoms with van der Waals surface area (Å²) in [7, 11) is 0. The summed E-state index contributed by atoms with van der Waals surface area (Å²) in [5.74, 6) is 0. The normalized spacial score (nSPS) is 12.8. The summed E-state index contributed by atoms with van der Waals surface area (Å²) in [4.78, 5) is 12.1. The van der Waals surface area contributed by atoms with E-state index in [4.69, 9.17) is 4.84 Å². The molecule has 0 N–H and O–H groups in total. The summed E-state index contributed by atoms with van der Waals surface area (Å²) >= 11 is 1.65. The van der Waals surface area contributed by atoms with E-state index in [1.165, 1.54) is 0 Å². The number of aryl methyl sites for hydroxylation is 1. The first kappa shape index (κ1) is 13.1. The van der Waals surface area contributed by atoms with E-state index in [0.717, 1.165) is 32.3 Å². The van der Waals surface area contributed by atoms with Gasteiger partial charge in [0.15, 0.2) is 4.96 Å². The topological polar surface area (TPSA) is 38.9 Å². The lowest BCUT2D eigenvalue weighted by molar-refractivity contribution is 0.0860. The molecule has 1 aromatic carbocycles. The number of hydrogen-bond donors (Lipinski definition) is 0. The van der Waals surface area contributed by atoms with Crippen molar-refractivity contribution >= 4 is 33.0 Å². The number of aromatic nitrogens is 2. The van der Waals surface area contributed by atoms with Gasteiger partial charge in [-0.05, 0) is 39.8 Å². The van der Waals surface area contributed by atoms with Crippen LogP contribution in [0.15, 0.2) is 29.4 Å². The Labute approximate surface area is 121 Å². The number of benzene rings is 1. The lowest BCUT2D eigenvalue weighted by atomic mass is 10.3. The Kier molecular flexibility index (Phi) is 3.22. The van der Waals surface area contributed by atoms with Gasteiger partial charge in [0.1, 0.15) is 6.10 Å². The second-order valence-corrected chi connectivity index (χ2v) is 6.04. The van der Waals surface area contributed by atoms with Crippen molar-refractivity contribution in [2.24, 2.45) is 5.16 Å². The summed E-state index contributed by atoms with van der Waals surface area (Å²) in [6, 6.07) is 8.18. The predicted octanol–water partition coefficient (Wildman–Crippen LogP) is 4.01. The lowest BCUT2D eigenvalue weighted by Crippen LogP contribution is -2.02. The van der Waals surface area contributed by atoms with Crippen molar-refractivity contribution in [2.45, 2.75) is 33.8 Å². The third kappa shape index (κ3) is 2.08. The van der Waals surface area contributed by atoms with E-state index >= 15 is 0 Å². The zero-order valence-corrected chi connectivity index (χ0v) is 12.9. The van der Waals surface area contributed by atoms with Crippen LogP contribution >= 0.6 is 11.3 Å². The zero-order chi connectivity index (χ0) is 14.3. The van der Waals surface area contributed by atoms with E-state index in [-0.39, 0.29) is 6.10 Å². The molecule has 20 heavy (non-hydrogen) atoms. The van der Waals surface area contributed by atoms with Crippen molar-refractivity contribution in [2.75, 3.05) is 0 Å². The van der Waals surface area contributed by atoms with E-state index < -0.39 is 0 Å². The molecule has 0 aliphatic carbocycles. The van der Waals surface area contributed by atoms with Crippen LogP contribution in [-0.4, -0.2) is 21.2 Å². The smallest absolute Gasteiger partial charge is 0.195 e. The van der Waals surface area contributed by atoms with Gasteiger partial charge in [-0.1, -0.05) is 28.6 Å². The Hall–Kier alpha value is -1.88. The molecule has 0 amide bonds. The van der Waals surface area contributed by atoms with E-state index in [1.54, 1.807) is 11.3 Å². The van der Waals surface area contributed by atoms with Gasteiger partial charge in [-0.3, -0.25) is 4.40 Å². The highest BCUT2D eigenvalue weighted by Crippen LogP contribution is 2.28. The number of para-hydroxylation sites is 2. The molecule has 2 heterocycles. The molecule has 0 unspecified atom stereocenters. The first-order chi connectivity index (χ1) is 9.58. The fourth-order valence-electron chi connectivity index (χ4n) is 2.22. The number of imidazole rings is 1. The van der Waals surface area contributed by atoms with Gasteiger partial charge in [0.05, 0.1) is 21.6 Å². The molecule has 4 nitrogen and oxygen atoms in total. The molecule has 0 aliphatic heterocycles. The standard InChI is InChI=1S/C15H17N3OS/c1-9(2)19-17-10(3)14-11(4)18-13-8-6-5-7-12(13)16-15(18)20-14/h5-9H,1-4H3. The van der Waals surface area contributed by atoms with E-state index in [1.807, 2.05) is 39.0 Å². The molecule has 0 atom stereocenters. The fraction of sp³-hybridized carbons (Fsp3) is 0.333. The Bertz CT molecular complexity index is 798. The van der Waals surface area contributed by atoms with Gasteiger partial charge >= 0.3 is 0 Å². The Balaban J connectivity index is 2.14. The molecule has 3 aromatic rings. The van der Waals surface area contributed by atoms with Gasteiger partial charge in [-0.2, -0.15) is 0 Å². The monoisotopic (exact) mass is 287 g/mol. The number of rotatable bonds is 3. The van der Waals surface area contributed by atoms with E-state index in [2.05, 4.69) is 27.5 Å². The molecule has 0 saturated heterocycles. The fourth-order valence-corrected chi connectivity index (χ4v) is 3.30. The van der Waals surface area contributed by atoms with Crippen molar-refractivity contribution in [3.05, 3.63) is 34.8 Å². The van der Waals surface area contributed by atoms with Crippen molar-refractivity contribution < 1.29 is 4.84 Å². The second kappa shape index (κ2) is 4.90. The first-order valence-electron chi connectivity index (χ1n) is 6.65. The maximum Gasteiger partial charge on any atom is 0.195 e. The molecule has 0 fully saturated rings. The highest BCUT2D eigenvalue weighted by Gasteiger charge is 2.15. The summed E-state index contributed by atoms with van der Waals surface area (Å²) in [5.41, 5.74) is 4.23. The summed E-state index contributed by atoms with van der Waals surface area (Å²) < 4.78 is 2.18. The molecular formula is C15H17N3OS. The number of nitrogens with zero attached hydrogens (tertiary/aromatic N) is 3. The average molecular weight is 287 g/mol. The number of thiazole rings is 1. The summed E-state index contributed by atoms with van der Waals surface area (Å²) in [5, 5.41) is 4.20. The highest BCUT2D eigenvalue weighted by atomic mass is 32.1. The molecule has 0 radical (unpaired) electrons. The minimum Gasteiger partial charge on any atom is -0.393 e. The van der Waals surface area contributed by atoms with Crippen LogP contribution in [0.25, 0.3) is 16.0 Å². The SMILES string of the molecule is CC(=NOC(C)C)c1sc2nc3ccccc3n2c1C. The molecule has 0 aliphatic rings. The van der Waals surface area contributed by atoms with Crippen LogP contribution in [-0.2, 0) is 4.84 Å².